The number of para-hydroxylation sites is 1. The third kappa shape index (κ3) is 2.15. The number of benzene rings is 1. The fraction of sp³-hybridized carbons (Fsp3) is 0.533. The number of fused-ring (bicyclic) bond motifs is 1. The molecule has 2 heterocycles. The Bertz CT molecular complexity index is 584. The molecular weight excluding hydrogens is 238 g/mol. The largest absolute Gasteiger partial charge is 0.374 e. The van der Waals surface area contributed by atoms with Crippen LogP contribution in [0.5, 0.6) is 0 Å². The summed E-state index contributed by atoms with van der Waals surface area (Å²) in [6.45, 7) is 2.95. The van der Waals surface area contributed by atoms with E-state index in [4.69, 9.17) is 10.5 Å². The van der Waals surface area contributed by atoms with Gasteiger partial charge in [0.25, 0.3) is 0 Å². The molecule has 1 aromatic carbocycles. The molecule has 1 aliphatic rings. The zero-order valence-corrected chi connectivity index (χ0v) is 11.6. The molecule has 4 heteroatoms. The average Bonchev–Trinajstić information content (AvgIpc) is 2.97. The normalized spacial score (nSPS) is 25.0. The maximum atomic E-state index is 6.37. The molecule has 1 fully saturated rings. The number of aromatic nitrogens is 2. The van der Waals surface area contributed by atoms with Crippen LogP contribution in [0.2, 0.25) is 0 Å². The summed E-state index contributed by atoms with van der Waals surface area (Å²) in [7, 11) is 1.98. The fourth-order valence-corrected chi connectivity index (χ4v) is 2.96. The van der Waals surface area contributed by atoms with Crippen LogP contribution >= 0.6 is 0 Å². The van der Waals surface area contributed by atoms with E-state index in [-0.39, 0.29) is 11.6 Å². The first-order valence-corrected chi connectivity index (χ1v) is 6.90. The zero-order chi connectivity index (χ0) is 13.5. The highest BCUT2D eigenvalue weighted by Gasteiger charge is 2.36. The number of hydrogen-bond acceptors (Lipinski definition) is 3. The van der Waals surface area contributed by atoms with E-state index < -0.39 is 0 Å². The summed E-state index contributed by atoms with van der Waals surface area (Å²) in [6.07, 6.45) is 2.91. The summed E-state index contributed by atoms with van der Waals surface area (Å²) >= 11 is 0. The van der Waals surface area contributed by atoms with Crippen molar-refractivity contribution in [2.24, 2.45) is 12.8 Å². The third-order valence-corrected chi connectivity index (χ3v) is 4.28. The number of hydrogen-bond donors (Lipinski definition) is 1. The molecule has 1 aliphatic heterocycles. The molecule has 3 rings (SSSR count). The predicted molar refractivity (Wildman–Crippen MR) is 76.0 cm³/mol. The third-order valence-electron chi connectivity index (χ3n) is 4.28. The molecule has 2 atom stereocenters. The van der Waals surface area contributed by atoms with E-state index in [0.717, 1.165) is 37.1 Å². The van der Waals surface area contributed by atoms with Crippen molar-refractivity contribution in [2.45, 2.75) is 37.8 Å². The highest BCUT2D eigenvalue weighted by atomic mass is 16.5. The van der Waals surface area contributed by atoms with Gasteiger partial charge in [0.15, 0.2) is 0 Å². The lowest BCUT2D eigenvalue weighted by Gasteiger charge is -2.30. The molecule has 102 valence electrons. The van der Waals surface area contributed by atoms with Crippen molar-refractivity contribution in [3.8, 4) is 0 Å². The van der Waals surface area contributed by atoms with Gasteiger partial charge in [-0.3, -0.25) is 4.68 Å². The van der Waals surface area contributed by atoms with Crippen LogP contribution in [0.15, 0.2) is 24.3 Å². The summed E-state index contributed by atoms with van der Waals surface area (Å²) in [5.41, 5.74) is 8.40. The highest BCUT2D eigenvalue weighted by molar-refractivity contribution is 5.81. The highest BCUT2D eigenvalue weighted by Crippen LogP contribution is 2.30. The molecule has 0 amide bonds. The molecule has 4 nitrogen and oxygen atoms in total. The van der Waals surface area contributed by atoms with Gasteiger partial charge in [-0.2, -0.15) is 5.10 Å². The lowest BCUT2D eigenvalue weighted by molar-refractivity contribution is -0.00108. The Morgan fingerprint density at radius 1 is 1.47 bits per heavy atom. The van der Waals surface area contributed by atoms with Crippen molar-refractivity contribution in [3.05, 3.63) is 30.0 Å². The summed E-state index contributed by atoms with van der Waals surface area (Å²) in [4.78, 5) is 0. The van der Waals surface area contributed by atoms with Gasteiger partial charge in [0.1, 0.15) is 0 Å². The molecule has 0 bridgehead atoms. The minimum Gasteiger partial charge on any atom is -0.374 e. The Kier molecular flexibility index (Phi) is 3.07. The van der Waals surface area contributed by atoms with E-state index in [9.17, 15) is 0 Å². The quantitative estimate of drug-likeness (QED) is 0.917. The number of nitrogens with two attached hydrogens (primary N) is 1. The van der Waals surface area contributed by atoms with Crippen molar-refractivity contribution in [1.82, 2.24) is 9.78 Å². The molecule has 2 N–H and O–H groups in total. The van der Waals surface area contributed by atoms with E-state index >= 15 is 0 Å². The maximum Gasteiger partial charge on any atom is 0.0809 e. The van der Waals surface area contributed by atoms with Gasteiger partial charge in [-0.1, -0.05) is 18.2 Å². The van der Waals surface area contributed by atoms with Crippen molar-refractivity contribution < 1.29 is 4.74 Å². The van der Waals surface area contributed by atoms with Crippen LogP contribution in [0.4, 0.5) is 0 Å². The van der Waals surface area contributed by atoms with Gasteiger partial charge >= 0.3 is 0 Å². The maximum absolute atomic E-state index is 6.37. The smallest absolute Gasteiger partial charge is 0.0809 e. The van der Waals surface area contributed by atoms with Gasteiger partial charge in [0.05, 0.1) is 16.8 Å². The second kappa shape index (κ2) is 4.62. The van der Waals surface area contributed by atoms with Crippen LogP contribution in [0.3, 0.4) is 0 Å². The van der Waals surface area contributed by atoms with E-state index in [1.54, 1.807) is 0 Å². The van der Waals surface area contributed by atoms with Gasteiger partial charge in [-0.15, -0.1) is 0 Å². The van der Waals surface area contributed by atoms with E-state index in [2.05, 4.69) is 24.2 Å². The second-order valence-corrected chi connectivity index (χ2v) is 5.66. The van der Waals surface area contributed by atoms with Crippen LogP contribution in [-0.4, -0.2) is 28.0 Å². The molecule has 1 aromatic heterocycles. The van der Waals surface area contributed by atoms with Crippen molar-refractivity contribution in [1.29, 1.82) is 0 Å². The van der Waals surface area contributed by atoms with Gasteiger partial charge in [-0.05, 0) is 25.8 Å². The first kappa shape index (κ1) is 12.6. The Morgan fingerprint density at radius 2 is 2.26 bits per heavy atom. The van der Waals surface area contributed by atoms with Crippen molar-refractivity contribution >= 4 is 10.9 Å². The summed E-state index contributed by atoms with van der Waals surface area (Å²) < 4.78 is 7.76. The number of ether oxygens (including phenoxy) is 1. The second-order valence-electron chi connectivity index (χ2n) is 5.66. The number of nitrogens with zero attached hydrogens (tertiary/aromatic N) is 2. The van der Waals surface area contributed by atoms with Crippen molar-refractivity contribution in [2.75, 3.05) is 6.61 Å². The fourth-order valence-electron chi connectivity index (χ4n) is 2.96. The lowest BCUT2D eigenvalue weighted by atomic mass is 9.90. The molecule has 0 radical (unpaired) electrons. The molecule has 0 aliphatic carbocycles. The van der Waals surface area contributed by atoms with Crippen LogP contribution in [0, 0.1) is 0 Å². The SMILES string of the molecule is Cn1nc(CC(N)C2(C)CCCO2)c2ccccc21. The summed E-state index contributed by atoms with van der Waals surface area (Å²) in [5.74, 6) is 0. The molecule has 19 heavy (non-hydrogen) atoms. The van der Waals surface area contributed by atoms with Crippen LogP contribution in [0.1, 0.15) is 25.5 Å². The predicted octanol–water partition coefficient (Wildman–Crippen LogP) is 2.01. The van der Waals surface area contributed by atoms with E-state index in [1.807, 2.05) is 23.9 Å². The number of rotatable bonds is 3. The Hall–Kier alpha value is -1.39. The first-order valence-electron chi connectivity index (χ1n) is 6.90. The summed E-state index contributed by atoms with van der Waals surface area (Å²) in [6, 6.07) is 8.28. The Balaban J connectivity index is 1.89. The molecule has 0 saturated carbocycles. The van der Waals surface area contributed by atoms with Crippen molar-refractivity contribution in [3.63, 3.8) is 0 Å². The van der Waals surface area contributed by atoms with Gasteiger partial charge in [0.2, 0.25) is 0 Å². The molecule has 2 aromatic rings. The number of aryl methyl sites for hydroxylation is 1. The summed E-state index contributed by atoms with van der Waals surface area (Å²) in [5, 5.41) is 5.81. The standard InChI is InChI=1S/C15H21N3O/c1-15(8-5-9-19-15)14(16)10-12-11-6-3-4-7-13(11)18(2)17-12/h3-4,6-7,14H,5,8-10,16H2,1-2H3. The lowest BCUT2D eigenvalue weighted by Crippen LogP contribution is -2.46. The minimum atomic E-state index is -0.196. The van der Waals surface area contributed by atoms with E-state index in [1.165, 1.54) is 5.39 Å². The van der Waals surface area contributed by atoms with Crippen LogP contribution < -0.4 is 5.73 Å². The molecular formula is C15H21N3O. The Labute approximate surface area is 113 Å². The monoisotopic (exact) mass is 259 g/mol. The topological polar surface area (TPSA) is 53.1 Å². The van der Waals surface area contributed by atoms with Gasteiger partial charge in [-0.25, -0.2) is 0 Å². The van der Waals surface area contributed by atoms with Gasteiger partial charge < -0.3 is 10.5 Å². The zero-order valence-electron chi connectivity index (χ0n) is 11.6. The first-order chi connectivity index (χ1) is 9.10. The van der Waals surface area contributed by atoms with Gasteiger partial charge in [0, 0.05) is 31.5 Å². The Morgan fingerprint density at radius 3 is 3.00 bits per heavy atom. The van der Waals surface area contributed by atoms with Crippen LogP contribution in [0.25, 0.3) is 10.9 Å². The molecule has 1 saturated heterocycles. The molecule has 0 spiro atoms. The minimum absolute atomic E-state index is 0.00620. The molecule has 2 unspecified atom stereocenters. The average molecular weight is 259 g/mol. The van der Waals surface area contributed by atoms with Crippen LogP contribution in [-0.2, 0) is 18.2 Å². The van der Waals surface area contributed by atoms with E-state index in [0.29, 0.717) is 0 Å².